The first-order valence-corrected chi connectivity index (χ1v) is 10.6. The lowest BCUT2D eigenvalue weighted by Crippen LogP contribution is -2.24. The summed E-state index contributed by atoms with van der Waals surface area (Å²) in [4.78, 5) is 22.2. The minimum Gasteiger partial charge on any atom is -0.462 e. The maximum atomic E-state index is 12.1. The zero-order valence-corrected chi connectivity index (χ0v) is 16.3. The average Bonchev–Trinajstić information content (AvgIpc) is 2.82. The number of hydrogen-bond donors (Lipinski definition) is 2. The first-order valence-electron chi connectivity index (χ1n) is 7.86. The Hall–Kier alpha value is -1.78. The Morgan fingerprint density at radius 2 is 1.96 bits per heavy atom. The second kappa shape index (κ2) is 8.07. The van der Waals surface area contributed by atoms with Crippen molar-refractivity contribution in [2.45, 2.75) is 27.2 Å². The van der Waals surface area contributed by atoms with Crippen molar-refractivity contribution in [3.8, 4) is 0 Å². The van der Waals surface area contributed by atoms with Crippen molar-refractivity contribution in [3.63, 3.8) is 0 Å². The summed E-state index contributed by atoms with van der Waals surface area (Å²) >= 11 is 1.29. The largest absolute Gasteiger partial charge is 0.462 e. The van der Waals surface area contributed by atoms with Gasteiger partial charge < -0.3 is 10.1 Å². The van der Waals surface area contributed by atoms with Crippen LogP contribution in [0.25, 0.3) is 10.2 Å². The molecular formula is C15H22N4O4S2. The monoisotopic (exact) mass is 386 g/mol. The van der Waals surface area contributed by atoms with E-state index in [4.69, 9.17) is 4.74 Å². The van der Waals surface area contributed by atoms with E-state index in [1.165, 1.54) is 11.3 Å². The molecule has 8 nitrogen and oxygen atoms in total. The molecule has 0 aromatic carbocycles. The topological polar surface area (TPSA) is 110 Å². The van der Waals surface area contributed by atoms with Crippen LogP contribution >= 0.6 is 11.3 Å². The number of aryl methyl sites for hydroxylation is 2. The summed E-state index contributed by atoms with van der Waals surface area (Å²) in [5.74, 6) is 0.885. The van der Waals surface area contributed by atoms with Gasteiger partial charge in [0.05, 0.1) is 18.2 Å². The molecule has 2 N–H and O–H groups in total. The van der Waals surface area contributed by atoms with Gasteiger partial charge in [0.1, 0.15) is 21.3 Å². The molecule has 0 aliphatic heterocycles. The van der Waals surface area contributed by atoms with E-state index in [1.807, 2.05) is 6.92 Å². The summed E-state index contributed by atoms with van der Waals surface area (Å²) in [6, 6.07) is 0. The van der Waals surface area contributed by atoms with Gasteiger partial charge in [-0.1, -0.05) is 0 Å². The minimum absolute atomic E-state index is 0.315. The third kappa shape index (κ3) is 5.10. The molecule has 2 heterocycles. The van der Waals surface area contributed by atoms with Crippen LogP contribution in [0.1, 0.15) is 34.4 Å². The number of nitrogens with one attached hydrogen (secondary N) is 2. The molecule has 0 amide bonds. The molecular weight excluding hydrogens is 364 g/mol. The van der Waals surface area contributed by atoms with E-state index in [-0.39, 0.29) is 5.97 Å². The number of carbonyl (C=O) groups excluding carboxylic acids is 1. The SMILES string of the molecule is CCOC(=O)c1sc2nc(C)nc(NCCCNS(C)(=O)=O)c2c1C. The van der Waals surface area contributed by atoms with Gasteiger partial charge >= 0.3 is 5.97 Å². The van der Waals surface area contributed by atoms with Crippen LogP contribution in [0.3, 0.4) is 0 Å². The molecule has 0 spiro atoms. The first-order chi connectivity index (χ1) is 11.7. The van der Waals surface area contributed by atoms with E-state index in [2.05, 4.69) is 20.0 Å². The molecule has 2 aromatic rings. The number of carbonyl (C=O) groups is 1. The zero-order valence-electron chi connectivity index (χ0n) is 14.7. The van der Waals surface area contributed by atoms with Crippen molar-refractivity contribution in [2.24, 2.45) is 0 Å². The van der Waals surface area contributed by atoms with Crippen molar-refractivity contribution in [3.05, 3.63) is 16.3 Å². The van der Waals surface area contributed by atoms with Gasteiger partial charge in [-0.3, -0.25) is 0 Å². The van der Waals surface area contributed by atoms with Crippen molar-refractivity contribution in [1.82, 2.24) is 14.7 Å². The van der Waals surface area contributed by atoms with Crippen LogP contribution in [0.4, 0.5) is 5.82 Å². The summed E-state index contributed by atoms with van der Waals surface area (Å²) in [7, 11) is -3.18. The number of anilines is 1. The predicted octanol–water partition coefficient (Wildman–Crippen LogP) is 1.84. The highest BCUT2D eigenvalue weighted by Gasteiger charge is 2.20. The fourth-order valence-electron chi connectivity index (χ4n) is 2.32. The molecule has 0 saturated heterocycles. The minimum atomic E-state index is -3.18. The van der Waals surface area contributed by atoms with Crippen LogP contribution < -0.4 is 10.0 Å². The van der Waals surface area contributed by atoms with Crippen LogP contribution in [0, 0.1) is 13.8 Å². The molecule has 2 rings (SSSR count). The molecule has 2 aromatic heterocycles. The molecule has 10 heteroatoms. The second-order valence-electron chi connectivity index (χ2n) is 5.52. The quantitative estimate of drug-likeness (QED) is 0.526. The summed E-state index contributed by atoms with van der Waals surface area (Å²) in [5, 5.41) is 4.01. The van der Waals surface area contributed by atoms with Crippen molar-refractivity contribution in [1.29, 1.82) is 0 Å². The van der Waals surface area contributed by atoms with E-state index < -0.39 is 10.0 Å². The van der Waals surface area contributed by atoms with Crippen LogP contribution in [0.2, 0.25) is 0 Å². The molecule has 0 unspecified atom stereocenters. The van der Waals surface area contributed by atoms with Crippen LogP contribution in [0.5, 0.6) is 0 Å². The second-order valence-corrected chi connectivity index (χ2v) is 8.36. The van der Waals surface area contributed by atoms with Crippen LogP contribution in [-0.4, -0.2) is 50.3 Å². The molecule has 0 fully saturated rings. The fourth-order valence-corrected chi connectivity index (χ4v) is 3.95. The number of fused-ring (bicyclic) bond motifs is 1. The third-order valence-corrected chi connectivity index (χ3v) is 5.27. The lowest BCUT2D eigenvalue weighted by molar-refractivity contribution is 0.0531. The number of rotatable bonds is 8. The number of nitrogens with zero attached hydrogens (tertiary/aromatic N) is 2. The summed E-state index contributed by atoms with van der Waals surface area (Å²) in [5.41, 5.74) is 0.787. The number of ether oxygens (including phenoxy) is 1. The molecule has 138 valence electrons. The van der Waals surface area contributed by atoms with Crippen molar-refractivity contribution < 1.29 is 17.9 Å². The lowest BCUT2D eigenvalue weighted by atomic mass is 10.2. The Kier molecular flexibility index (Phi) is 6.31. The van der Waals surface area contributed by atoms with Crippen molar-refractivity contribution in [2.75, 3.05) is 31.3 Å². The van der Waals surface area contributed by atoms with Gasteiger partial charge in [-0.2, -0.15) is 0 Å². The summed E-state index contributed by atoms with van der Waals surface area (Å²) in [6.45, 7) is 6.60. The normalized spacial score (nSPS) is 11.7. The number of thiophene rings is 1. The molecule has 0 radical (unpaired) electrons. The highest BCUT2D eigenvalue weighted by atomic mass is 32.2. The maximum absolute atomic E-state index is 12.1. The predicted molar refractivity (Wildman–Crippen MR) is 98.8 cm³/mol. The number of aromatic nitrogens is 2. The Morgan fingerprint density at radius 1 is 1.24 bits per heavy atom. The Bertz CT molecular complexity index is 877. The maximum Gasteiger partial charge on any atom is 0.348 e. The molecule has 0 bridgehead atoms. The Morgan fingerprint density at radius 3 is 2.60 bits per heavy atom. The van der Waals surface area contributed by atoms with Crippen LogP contribution in [-0.2, 0) is 14.8 Å². The van der Waals surface area contributed by atoms with E-state index >= 15 is 0 Å². The molecule has 25 heavy (non-hydrogen) atoms. The average molecular weight is 386 g/mol. The van der Waals surface area contributed by atoms with Gasteiger partial charge in [-0.15, -0.1) is 11.3 Å². The standard InChI is InChI=1S/C15H22N4O4S2/c1-5-23-15(20)12-9(2)11-13(18-10(3)19-14(11)24-12)16-7-6-8-17-25(4,21)22/h17H,5-8H2,1-4H3,(H,16,18,19). The molecule has 0 aliphatic rings. The fraction of sp³-hybridized carbons (Fsp3) is 0.533. The smallest absolute Gasteiger partial charge is 0.348 e. The highest BCUT2D eigenvalue weighted by molar-refractivity contribution is 7.88. The van der Waals surface area contributed by atoms with Gasteiger partial charge in [0.25, 0.3) is 0 Å². The molecule has 0 saturated carbocycles. The first kappa shape index (κ1) is 19.5. The van der Waals surface area contributed by atoms with E-state index in [1.54, 1.807) is 13.8 Å². The molecule has 0 atom stereocenters. The van der Waals surface area contributed by atoms with E-state index in [0.717, 1.165) is 22.0 Å². The van der Waals surface area contributed by atoms with Crippen molar-refractivity contribution >= 4 is 43.4 Å². The van der Waals surface area contributed by atoms with E-state index in [9.17, 15) is 13.2 Å². The summed E-state index contributed by atoms with van der Waals surface area (Å²) in [6.07, 6.45) is 1.73. The van der Waals surface area contributed by atoms with Gasteiger partial charge in [0.15, 0.2) is 0 Å². The summed E-state index contributed by atoms with van der Waals surface area (Å²) < 4.78 is 29.6. The Labute approximate surface area is 151 Å². The van der Waals surface area contributed by atoms with Gasteiger partial charge in [-0.05, 0) is 32.8 Å². The van der Waals surface area contributed by atoms with E-state index in [0.29, 0.717) is 42.6 Å². The van der Waals surface area contributed by atoms with Gasteiger partial charge in [0.2, 0.25) is 10.0 Å². The lowest BCUT2D eigenvalue weighted by Gasteiger charge is -2.09. The number of hydrogen-bond acceptors (Lipinski definition) is 8. The Balaban J connectivity index is 2.20. The zero-order chi connectivity index (χ0) is 18.6. The van der Waals surface area contributed by atoms with Crippen LogP contribution in [0.15, 0.2) is 0 Å². The highest BCUT2D eigenvalue weighted by Crippen LogP contribution is 2.34. The van der Waals surface area contributed by atoms with Gasteiger partial charge in [0, 0.05) is 13.1 Å². The van der Waals surface area contributed by atoms with Gasteiger partial charge in [-0.25, -0.2) is 27.9 Å². The number of esters is 1. The third-order valence-electron chi connectivity index (χ3n) is 3.37. The molecule has 0 aliphatic carbocycles. The number of sulfonamides is 1.